The van der Waals surface area contributed by atoms with Crippen LogP contribution in [0.2, 0.25) is 0 Å². The number of ether oxygens (including phenoxy) is 1. The monoisotopic (exact) mass is 387 g/mol. The first kappa shape index (κ1) is 19.5. The van der Waals surface area contributed by atoms with E-state index in [-0.39, 0.29) is 24.0 Å². The van der Waals surface area contributed by atoms with Gasteiger partial charge in [0.2, 0.25) is 0 Å². The van der Waals surface area contributed by atoms with Crippen LogP contribution in [-0.2, 0) is 28.0 Å². The maximum Gasteiger partial charge on any atom is 0.411 e. The molecule has 1 fully saturated rings. The van der Waals surface area contributed by atoms with Crippen molar-refractivity contribution in [3.63, 3.8) is 0 Å². The van der Waals surface area contributed by atoms with Crippen molar-refractivity contribution in [2.45, 2.75) is 30.6 Å². The standard InChI is InChI=1S/C13H20F3N3O3S2/c1-19-11(7-10-3-6-24(20,21)8-10)17-18-12(19)23-5-2-4-22-9-13(14,15)16/h10H,2-9H2,1H3/t10-/m0/s1. The van der Waals surface area contributed by atoms with Gasteiger partial charge in [0, 0.05) is 25.8 Å². The second kappa shape index (κ2) is 8.05. The fourth-order valence-corrected chi connectivity index (χ4v) is 5.16. The van der Waals surface area contributed by atoms with Gasteiger partial charge in [-0.2, -0.15) is 13.2 Å². The van der Waals surface area contributed by atoms with E-state index in [1.807, 2.05) is 4.57 Å². The number of rotatable bonds is 8. The molecule has 1 aliphatic heterocycles. The summed E-state index contributed by atoms with van der Waals surface area (Å²) >= 11 is 1.39. The Balaban J connectivity index is 1.72. The Morgan fingerprint density at radius 2 is 2.12 bits per heavy atom. The van der Waals surface area contributed by atoms with Gasteiger partial charge in [0.25, 0.3) is 0 Å². The molecule has 0 saturated carbocycles. The number of hydrogen-bond acceptors (Lipinski definition) is 6. The summed E-state index contributed by atoms with van der Waals surface area (Å²) in [7, 11) is -1.11. The van der Waals surface area contributed by atoms with Crippen LogP contribution in [0.15, 0.2) is 5.16 Å². The molecule has 6 nitrogen and oxygen atoms in total. The molecule has 2 rings (SSSR count). The first-order chi connectivity index (χ1) is 11.2. The van der Waals surface area contributed by atoms with E-state index < -0.39 is 22.6 Å². The van der Waals surface area contributed by atoms with Gasteiger partial charge < -0.3 is 9.30 Å². The Morgan fingerprint density at radius 1 is 1.38 bits per heavy atom. The minimum atomic E-state index is -4.29. The van der Waals surface area contributed by atoms with Crippen molar-refractivity contribution in [1.82, 2.24) is 14.8 Å². The lowest BCUT2D eigenvalue weighted by atomic mass is 10.1. The smallest absolute Gasteiger partial charge is 0.372 e. The normalized spacial score (nSPS) is 20.6. The highest BCUT2D eigenvalue weighted by Crippen LogP contribution is 2.24. The second-order valence-corrected chi connectivity index (χ2v) is 9.09. The summed E-state index contributed by atoms with van der Waals surface area (Å²) in [6.45, 7) is -1.19. The van der Waals surface area contributed by atoms with E-state index in [1.165, 1.54) is 11.8 Å². The number of aromatic nitrogens is 3. The van der Waals surface area contributed by atoms with Crippen molar-refractivity contribution in [2.24, 2.45) is 13.0 Å². The van der Waals surface area contributed by atoms with E-state index in [2.05, 4.69) is 14.9 Å². The van der Waals surface area contributed by atoms with Crippen molar-refractivity contribution in [1.29, 1.82) is 0 Å². The van der Waals surface area contributed by atoms with Crippen molar-refractivity contribution < 1.29 is 26.3 Å². The molecule has 2 heterocycles. The van der Waals surface area contributed by atoms with Crippen LogP contribution in [0.5, 0.6) is 0 Å². The summed E-state index contributed by atoms with van der Waals surface area (Å²) in [5, 5.41) is 8.82. The van der Waals surface area contributed by atoms with Crippen LogP contribution in [0, 0.1) is 5.92 Å². The molecule has 0 aliphatic carbocycles. The number of sulfone groups is 1. The Morgan fingerprint density at radius 3 is 2.75 bits per heavy atom. The highest BCUT2D eigenvalue weighted by molar-refractivity contribution is 7.99. The maximum absolute atomic E-state index is 11.9. The minimum absolute atomic E-state index is 0.0388. The lowest BCUT2D eigenvalue weighted by molar-refractivity contribution is -0.173. The number of thioether (sulfide) groups is 1. The molecule has 1 saturated heterocycles. The van der Waals surface area contributed by atoms with E-state index in [9.17, 15) is 21.6 Å². The summed E-state index contributed by atoms with van der Waals surface area (Å²) in [4.78, 5) is 0. The zero-order valence-corrected chi connectivity index (χ0v) is 14.9. The highest BCUT2D eigenvalue weighted by atomic mass is 32.2. The molecule has 1 atom stereocenters. The summed E-state index contributed by atoms with van der Waals surface area (Å²) in [6, 6.07) is 0. The average molecular weight is 387 g/mol. The zero-order valence-electron chi connectivity index (χ0n) is 13.3. The van der Waals surface area contributed by atoms with Gasteiger partial charge in [0.1, 0.15) is 12.4 Å². The molecule has 0 bridgehead atoms. The molecule has 1 aromatic heterocycles. The summed E-state index contributed by atoms with van der Waals surface area (Å²) in [5.41, 5.74) is 0. The SMILES string of the molecule is Cn1c(C[C@@H]2CCS(=O)(=O)C2)nnc1SCCCOCC(F)(F)F. The molecule has 24 heavy (non-hydrogen) atoms. The third kappa shape index (κ3) is 6.25. The lowest BCUT2D eigenvalue weighted by Gasteiger charge is -2.08. The largest absolute Gasteiger partial charge is 0.411 e. The van der Waals surface area contributed by atoms with Gasteiger partial charge in [0.05, 0.1) is 11.5 Å². The van der Waals surface area contributed by atoms with Crippen LogP contribution in [-0.4, -0.2) is 59.8 Å². The van der Waals surface area contributed by atoms with E-state index >= 15 is 0 Å². The third-order valence-electron chi connectivity index (χ3n) is 3.65. The predicted octanol–water partition coefficient (Wildman–Crippen LogP) is 1.85. The molecule has 1 aliphatic rings. The molecule has 0 unspecified atom stereocenters. The minimum Gasteiger partial charge on any atom is -0.372 e. The molecular formula is C13H20F3N3O3S2. The molecular weight excluding hydrogens is 367 g/mol. The van der Waals surface area contributed by atoms with Gasteiger partial charge in [-0.15, -0.1) is 10.2 Å². The predicted molar refractivity (Wildman–Crippen MR) is 83.7 cm³/mol. The molecule has 0 aromatic carbocycles. The quantitative estimate of drug-likeness (QED) is 0.501. The van der Waals surface area contributed by atoms with Crippen LogP contribution < -0.4 is 0 Å². The van der Waals surface area contributed by atoms with E-state index in [0.29, 0.717) is 30.2 Å². The number of halogens is 3. The zero-order chi connectivity index (χ0) is 17.8. The van der Waals surface area contributed by atoms with Gasteiger partial charge in [-0.3, -0.25) is 0 Å². The topological polar surface area (TPSA) is 74.1 Å². The number of alkyl halides is 3. The Hall–Kier alpha value is -0.810. The van der Waals surface area contributed by atoms with E-state index in [1.54, 1.807) is 7.05 Å². The average Bonchev–Trinajstić information content (AvgIpc) is 2.97. The van der Waals surface area contributed by atoms with Crippen LogP contribution in [0.3, 0.4) is 0 Å². The Kier molecular flexibility index (Phi) is 6.54. The molecule has 11 heteroatoms. The highest BCUT2D eigenvalue weighted by Gasteiger charge is 2.29. The van der Waals surface area contributed by atoms with E-state index in [4.69, 9.17) is 0 Å². The van der Waals surface area contributed by atoms with Crippen LogP contribution in [0.1, 0.15) is 18.7 Å². The van der Waals surface area contributed by atoms with Gasteiger partial charge >= 0.3 is 6.18 Å². The van der Waals surface area contributed by atoms with Gasteiger partial charge in [-0.05, 0) is 18.8 Å². The number of nitrogens with zero attached hydrogens (tertiary/aromatic N) is 3. The fourth-order valence-electron chi connectivity index (χ4n) is 2.45. The Bertz CT molecular complexity index is 647. The number of hydrogen-bond donors (Lipinski definition) is 0. The molecule has 138 valence electrons. The maximum atomic E-state index is 11.9. The van der Waals surface area contributed by atoms with Crippen molar-refractivity contribution in [2.75, 3.05) is 30.5 Å². The first-order valence-electron chi connectivity index (χ1n) is 7.52. The van der Waals surface area contributed by atoms with Gasteiger partial charge in [-0.1, -0.05) is 11.8 Å². The van der Waals surface area contributed by atoms with Gasteiger partial charge in [-0.25, -0.2) is 8.42 Å². The van der Waals surface area contributed by atoms with Crippen LogP contribution >= 0.6 is 11.8 Å². The van der Waals surface area contributed by atoms with Gasteiger partial charge in [0.15, 0.2) is 15.0 Å². The summed E-state index contributed by atoms with van der Waals surface area (Å²) in [6.07, 6.45) is -2.60. The van der Waals surface area contributed by atoms with Crippen molar-refractivity contribution >= 4 is 21.6 Å². The lowest BCUT2D eigenvalue weighted by Crippen LogP contribution is -2.17. The van der Waals surface area contributed by atoms with Crippen molar-refractivity contribution in [3.05, 3.63) is 5.82 Å². The van der Waals surface area contributed by atoms with Crippen molar-refractivity contribution in [3.8, 4) is 0 Å². The first-order valence-corrected chi connectivity index (χ1v) is 10.3. The molecule has 0 N–H and O–H groups in total. The van der Waals surface area contributed by atoms with Crippen LogP contribution in [0.25, 0.3) is 0 Å². The molecule has 0 radical (unpaired) electrons. The van der Waals surface area contributed by atoms with E-state index in [0.717, 1.165) is 5.82 Å². The molecule has 1 aromatic rings. The summed E-state index contributed by atoms with van der Waals surface area (Å²) in [5.74, 6) is 1.80. The van der Waals surface area contributed by atoms with Crippen LogP contribution in [0.4, 0.5) is 13.2 Å². The molecule has 0 amide bonds. The second-order valence-electron chi connectivity index (χ2n) is 5.80. The molecule has 0 spiro atoms. The third-order valence-corrected chi connectivity index (χ3v) is 6.60. The fraction of sp³-hybridized carbons (Fsp3) is 0.846. The Labute approximate surface area is 143 Å². The summed E-state index contributed by atoms with van der Waals surface area (Å²) < 4.78 is 65.1.